The first-order valence-corrected chi connectivity index (χ1v) is 6.52. The van der Waals surface area contributed by atoms with E-state index >= 15 is 0 Å². The van der Waals surface area contributed by atoms with Gasteiger partial charge in [-0.2, -0.15) is 12.6 Å². The number of hydrogen-bond acceptors (Lipinski definition) is 5. The fourth-order valence-corrected chi connectivity index (χ4v) is 2.59. The number of hydrogen-bond donors (Lipinski definition) is 6. The number of carbonyl (C=O) groups is 1. The largest absolute Gasteiger partial charge is 0.481 e. The van der Waals surface area contributed by atoms with Crippen LogP contribution >= 0.6 is 45.1 Å². The van der Waals surface area contributed by atoms with E-state index in [1.807, 2.05) is 0 Å². The minimum Gasteiger partial charge on any atom is -0.481 e. The molecular weight excluding hydrogens is 210 g/mol. The van der Waals surface area contributed by atoms with Gasteiger partial charge in [-0.3, -0.25) is 9.52 Å². The molecule has 10 heavy (non-hydrogen) atoms. The SMILES string of the molecule is O=C(O)CC(S)N[SH](S)S. The monoisotopic (exact) mass is 219 g/mol. The molecule has 0 heterocycles. The second kappa shape index (κ2) is 5.48. The summed E-state index contributed by atoms with van der Waals surface area (Å²) in [4.78, 5) is 10.1. The summed E-state index contributed by atoms with van der Waals surface area (Å²) in [5.41, 5.74) is 0. The maximum atomic E-state index is 10.1. The quantitative estimate of drug-likeness (QED) is 0.242. The highest BCUT2D eigenvalue weighted by molar-refractivity contribution is 9.08. The molecule has 7 heteroatoms. The van der Waals surface area contributed by atoms with Gasteiger partial charge in [0.25, 0.3) is 0 Å². The van der Waals surface area contributed by atoms with E-state index in [1.165, 1.54) is 0 Å². The third kappa shape index (κ3) is 6.94. The summed E-state index contributed by atoms with van der Waals surface area (Å²) in [5.74, 6) is -0.883. The fraction of sp³-hybridized carbons (Fsp3) is 0.667. The van der Waals surface area contributed by atoms with Crippen LogP contribution in [0.3, 0.4) is 0 Å². The zero-order chi connectivity index (χ0) is 8.15. The molecule has 0 amide bonds. The van der Waals surface area contributed by atoms with Crippen molar-refractivity contribution in [2.45, 2.75) is 11.8 Å². The average molecular weight is 219 g/mol. The van der Waals surface area contributed by atoms with E-state index in [-0.39, 0.29) is 11.8 Å². The van der Waals surface area contributed by atoms with Crippen molar-refractivity contribution < 1.29 is 9.90 Å². The van der Waals surface area contributed by atoms with Gasteiger partial charge in [-0.15, -0.1) is 32.5 Å². The van der Waals surface area contributed by atoms with E-state index in [9.17, 15) is 4.79 Å². The summed E-state index contributed by atoms with van der Waals surface area (Å²) in [7, 11) is -0.871. The lowest BCUT2D eigenvalue weighted by atomic mass is 10.4. The van der Waals surface area contributed by atoms with Crippen LogP contribution in [-0.4, -0.2) is 16.4 Å². The minimum atomic E-state index is -0.883. The van der Waals surface area contributed by atoms with Gasteiger partial charge in [0.2, 0.25) is 0 Å². The summed E-state index contributed by atoms with van der Waals surface area (Å²) in [5, 5.41) is 7.90. The molecule has 2 N–H and O–H groups in total. The predicted molar refractivity (Wildman–Crippen MR) is 55.1 cm³/mol. The van der Waals surface area contributed by atoms with Crippen LogP contribution in [0.15, 0.2) is 0 Å². The fourth-order valence-electron chi connectivity index (χ4n) is 0.344. The summed E-state index contributed by atoms with van der Waals surface area (Å²) in [6, 6.07) is 0. The third-order valence-corrected chi connectivity index (χ3v) is 2.38. The topological polar surface area (TPSA) is 49.3 Å². The van der Waals surface area contributed by atoms with Gasteiger partial charge in [0.1, 0.15) is 0 Å². The van der Waals surface area contributed by atoms with Crippen molar-refractivity contribution in [2.24, 2.45) is 0 Å². The molecule has 0 aromatic rings. The van der Waals surface area contributed by atoms with Gasteiger partial charge in [0.05, 0.1) is 11.8 Å². The minimum absolute atomic E-state index is 0.0247. The second-order valence-corrected chi connectivity index (χ2v) is 6.34. The standard InChI is InChI=1S/C3H9NO2S4/c5-3(6)1-2(7)4-10(8)9/h2,4,7-10H,1H2,(H,5,6). The summed E-state index contributed by atoms with van der Waals surface area (Å²) in [6.07, 6.45) is -0.0247. The predicted octanol–water partition coefficient (Wildman–Crippen LogP) is 0.912. The Kier molecular flexibility index (Phi) is 5.93. The number of rotatable bonds is 4. The van der Waals surface area contributed by atoms with Crippen molar-refractivity contribution in [3.63, 3.8) is 0 Å². The Hall–Kier alpha value is 0.830. The van der Waals surface area contributed by atoms with Gasteiger partial charge in [-0.05, 0) is 0 Å². The molecule has 0 aliphatic heterocycles. The summed E-state index contributed by atoms with van der Waals surface area (Å²) in [6.45, 7) is 0. The number of thiol groups is 4. The van der Waals surface area contributed by atoms with Crippen LogP contribution in [0.25, 0.3) is 0 Å². The smallest absolute Gasteiger partial charge is 0.305 e. The van der Waals surface area contributed by atoms with Crippen LogP contribution in [0.5, 0.6) is 0 Å². The Balaban J connectivity index is 3.43. The second-order valence-electron chi connectivity index (χ2n) is 1.53. The van der Waals surface area contributed by atoms with E-state index in [1.54, 1.807) is 0 Å². The molecule has 0 aliphatic carbocycles. The van der Waals surface area contributed by atoms with Gasteiger partial charge in [-0.1, -0.05) is 0 Å². The van der Waals surface area contributed by atoms with Gasteiger partial charge < -0.3 is 5.11 Å². The maximum absolute atomic E-state index is 10.1. The van der Waals surface area contributed by atoms with Crippen molar-refractivity contribution >= 4 is 51.1 Å². The molecule has 0 radical (unpaired) electrons. The number of nitrogens with one attached hydrogen (secondary N) is 1. The summed E-state index contributed by atoms with van der Waals surface area (Å²) < 4.78 is 2.75. The van der Waals surface area contributed by atoms with Crippen LogP contribution in [0.1, 0.15) is 6.42 Å². The average Bonchev–Trinajstić information content (AvgIpc) is 1.58. The molecule has 0 bridgehead atoms. The lowest BCUT2D eigenvalue weighted by Crippen LogP contribution is -2.20. The Morgan fingerprint density at radius 2 is 2.20 bits per heavy atom. The van der Waals surface area contributed by atoms with Crippen LogP contribution in [0.2, 0.25) is 0 Å². The van der Waals surface area contributed by atoms with Crippen molar-refractivity contribution in [2.75, 3.05) is 0 Å². The maximum Gasteiger partial charge on any atom is 0.305 e. The highest BCUT2D eigenvalue weighted by Crippen LogP contribution is 2.31. The van der Waals surface area contributed by atoms with Crippen molar-refractivity contribution in [1.29, 1.82) is 0 Å². The molecule has 62 valence electrons. The first-order chi connectivity index (χ1) is 4.52. The molecule has 0 saturated carbocycles. The Morgan fingerprint density at radius 3 is 2.50 bits per heavy atom. The Bertz CT molecular complexity index is 119. The number of carboxylic acid groups (broad SMARTS) is 1. The van der Waals surface area contributed by atoms with Gasteiger partial charge in [0.15, 0.2) is 0 Å². The van der Waals surface area contributed by atoms with Crippen molar-refractivity contribution in [1.82, 2.24) is 4.72 Å². The highest BCUT2D eigenvalue weighted by atomic mass is 33.5. The lowest BCUT2D eigenvalue weighted by molar-refractivity contribution is -0.136. The van der Waals surface area contributed by atoms with E-state index in [0.29, 0.717) is 0 Å². The lowest BCUT2D eigenvalue weighted by Gasteiger charge is -2.14. The van der Waals surface area contributed by atoms with Gasteiger partial charge >= 0.3 is 5.97 Å². The molecule has 0 aliphatic rings. The molecule has 0 aromatic carbocycles. The van der Waals surface area contributed by atoms with E-state index < -0.39 is 15.1 Å². The van der Waals surface area contributed by atoms with Crippen LogP contribution in [-0.2, 0) is 4.79 Å². The van der Waals surface area contributed by atoms with E-state index in [4.69, 9.17) is 5.11 Å². The summed E-state index contributed by atoms with van der Waals surface area (Å²) >= 11 is 11.8. The van der Waals surface area contributed by atoms with Crippen LogP contribution < -0.4 is 4.72 Å². The highest BCUT2D eigenvalue weighted by Gasteiger charge is 2.07. The van der Waals surface area contributed by atoms with E-state index in [0.717, 1.165) is 0 Å². The number of carboxylic acids is 1. The Labute approximate surface area is 77.5 Å². The van der Waals surface area contributed by atoms with Crippen molar-refractivity contribution in [3.8, 4) is 0 Å². The molecule has 0 rings (SSSR count). The molecule has 0 fully saturated rings. The van der Waals surface area contributed by atoms with Crippen LogP contribution in [0.4, 0.5) is 0 Å². The van der Waals surface area contributed by atoms with E-state index in [2.05, 4.69) is 40.7 Å². The number of aliphatic carboxylic acids is 1. The molecule has 1 atom stereocenters. The molecular formula is C3H9NO2S4. The molecule has 3 nitrogen and oxygen atoms in total. The van der Waals surface area contributed by atoms with Gasteiger partial charge in [-0.25, -0.2) is 0 Å². The zero-order valence-corrected chi connectivity index (χ0v) is 8.51. The third-order valence-electron chi connectivity index (χ3n) is 0.632. The Morgan fingerprint density at radius 1 is 1.70 bits per heavy atom. The molecule has 0 aromatic heterocycles. The normalized spacial score (nSPS) is 14.5. The first kappa shape index (κ1) is 10.8. The zero-order valence-electron chi connectivity index (χ0n) is 4.93. The molecule has 0 saturated heterocycles. The first-order valence-electron chi connectivity index (χ1n) is 2.36. The van der Waals surface area contributed by atoms with Crippen molar-refractivity contribution in [3.05, 3.63) is 0 Å². The van der Waals surface area contributed by atoms with Gasteiger partial charge in [0, 0.05) is 0 Å². The van der Waals surface area contributed by atoms with Crippen LogP contribution in [0, 0.1) is 0 Å². The molecule has 0 spiro atoms. The molecule has 1 unspecified atom stereocenters.